The van der Waals surface area contributed by atoms with Crippen molar-refractivity contribution in [1.82, 2.24) is 0 Å². The Balaban J connectivity index is 0. The molecule has 0 bridgehead atoms. The summed E-state index contributed by atoms with van der Waals surface area (Å²) in [6.07, 6.45) is 3.95. The molecule has 0 atom stereocenters. The number of carbonyl (C=O) groups is 1. The molecule has 0 saturated heterocycles. The van der Waals surface area contributed by atoms with E-state index in [0.29, 0.717) is 0 Å². The molecule has 0 aromatic carbocycles. The van der Waals surface area contributed by atoms with Gasteiger partial charge in [0.1, 0.15) is 0 Å². The minimum Gasteiger partial charge on any atom is -0.478 e. The number of carboxylic acid groups (broad SMARTS) is 1. The third-order valence-electron chi connectivity index (χ3n) is 0.816. The lowest BCUT2D eigenvalue weighted by atomic mass is 10.3. The first-order valence-electron chi connectivity index (χ1n) is 3.58. The highest BCUT2D eigenvalue weighted by atomic mass is 16.4. The van der Waals surface area contributed by atoms with Gasteiger partial charge in [0, 0.05) is 5.57 Å². The van der Waals surface area contributed by atoms with Gasteiger partial charge < -0.3 is 5.11 Å². The minimum absolute atomic E-state index is 0.176. The summed E-state index contributed by atoms with van der Waals surface area (Å²) in [4.78, 5) is 9.60. The molecule has 0 spiro atoms. The maximum atomic E-state index is 9.60. The fourth-order valence-corrected chi connectivity index (χ4v) is 0.285. The lowest BCUT2D eigenvalue weighted by Gasteiger charge is -1.79. The van der Waals surface area contributed by atoms with E-state index < -0.39 is 5.97 Å². The highest BCUT2D eigenvalue weighted by Crippen LogP contribution is 1.85. The molecule has 0 heterocycles. The fraction of sp³-hybridized carbons (Fsp3) is 0.300. The largest absolute Gasteiger partial charge is 0.478 e. The Hall–Kier alpha value is -1.31. The van der Waals surface area contributed by atoms with Crippen LogP contribution in [-0.4, -0.2) is 11.1 Å². The van der Waals surface area contributed by atoms with Crippen molar-refractivity contribution in [3.05, 3.63) is 36.5 Å². The molecule has 0 aliphatic heterocycles. The van der Waals surface area contributed by atoms with Crippen molar-refractivity contribution < 1.29 is 9.90 Å². The number of aliphatic carboxylic acids is 1. The van der Waals surface area contributed by atoms with E-state index in [0.717, 1.165) is 5.57 Å². The zero-order valence-corrected chi connectivity index (χ0v) is 7.92. The van der Waals surface area contributed by atoms with Crippen molar-refractivity contribution in [3.8, 4) is 0 Å². The van der Waals surface area contributed by atoms with Gasteiger partial charge >= 0.3 is 5.97 Å². The zero-order valence-electron chi connectivity index (χ0n) is 7.92. The Morgan fingerprint density at radius 3 is 1.67 bits per heavy atom. The molecule has 0 radical (unpaired) electrons. The molecule has 0 unspecified atom stereocenters. The summed E-state index contributed by atoms with van der Waals surface area (Å²) >= 11 is 0. The Morgan fingerprint density at radius 2 is 1.67 bits per heavy atom. The Kier molecular flexibility index (Phi) is 8.63. The molecule has 0 amide bonds. The standard InChI is InChI=1S/C6H10.C4H6O2/c1-4-5-6(2)3;1-3(2)4(5)6/h4-5H,2H2,1,3H3;1H2,2H3,(H,5,6). The predicted octanol–water partition coefficient (Wildman–Crippen LogP) is 2.79. The molecule has 2 heteroatoms. The molecule has 0 saturated carbocycles. The van der Waals surface area contributed by atoms with Crippen LogP contribution >= 0.6 is 0 Å². The molecule has 0 fully saturated rings. The molecule has 0 rings (SSSR count). The monoisotopic (exact) mass is 168 g/mol. The van der Waals surface area contributed by atoms with E-state index in [2.05, 4.69) is 13.2 Å². The molecule has 0 aromatic heterocycles. The van der Waals surface area contributed by atoms with Gasteiger partial charge in [0.05, 0.1) is 0 Å². The number of rotatable bonds is 2. The third kappa shape index (κ3) is 15.9. The van der Waals surface area contributed by atoms with Crippen LogP contribution in [0.15, 0.2) is 36.5 Å². The molecule has 0 aliphatic carbocycles. The van der Waals surface area contributed by atoms with Crippen molar-refractivity contribution in [2.24, 2.45) is 0 Å². The summed E-state index contributed by atoms with van der Waals surface area (Å²) in [5.74, 6) is -0.935. The van der Waals surface area contributed by atoms with Crippen LogP contribution in [0.1, 0.15) is 20.8 Å². The van der Waals surface area contributed by atoms with Crippen LogP contribution in [0.5, 0.6) is 0 Å². The van der Waals surface area contributed by atoms with Crippen LogP contribution in [0.25, 0.3) is 0 Å². The summed E-state index contributed by atoms with van der Waals surface area (Å²) in [5.41, 5.74) is 1.28. The van der Waals surface area contributed by atoms with E-state index in [1.54, 1.807) is 0 Å². The molecular weight excluding hydrogens is 152 g/mol. The van der Waals surface area contributed by atoms with Crippen molar-refractivity contribution in [1.29, 1.82) is 0 Å². The minimum atomic E-state index is -0.935. The van der Waals surface area contributed by atoms with Crippen molar-refractivity contribution in [3.63, 3.8) is 0 Å². The second kappa shape index (κ2) is 7.79. The third-order valence-corrected chi connectivity index (χ3v) is 0.816. The van der Waals surface area contributed by atoms with Gasteiger partial charge in [0.15, 0.2) is 0 Å². The van der Waals surface area contributed by atoms with Crippen LogP contribution in [0.2, 0.25) is 0 Å². The van der Waals surface area contributed by atoms with Gasteiger partial charge in [-0.25, -0.2) is 4.79 Å². The van der Waals surface area contributed by atoms with Crippen LogP contribution in [0, 0.1) is 0 Å². The van der Waals surface area contributed by atoms with E-state index in [4.69, 9.17) is 5.11 Å². The van der Waals surface area contributed by atoms with Gasteiger partial charge in [-0.1, -0.05) is 30.9 Å². The number of hydrogen-bond acceptors (Lipinski definition) is 1. The van der Waals surface area contributed by atoms with Gasteiger partial charge in [-0.15, -0.1) is 0 Å². The van der Waals surface area contributed by atoms with Crippen LogP contribution in [0.4, 0.5) is 0 Å². The van der Waals surface area contributed by atoms with E-state index in [-0.39, 0.29) is 5.57 Å². The van der Waals surface area contributed by atoms with Crippen LogP contribution < -0.4 is 0 Å². The quantitative estimate of drug-likeness (QED) is 0.508. The maximum absolute atomic E-state index is 9.60. The van der Waals surface area contributed by atoms with E-state index in [9.17, 15) is 4.79 Å². The number of carboxylic acids is 1. The van der Waals surface area contributed by atoms with E-state index in [1.165, 1.54) is 6.92 Å². The smallest absolute Gasteiger partial charge is 0.330 e. The van der Waals surface area contributed by atoms with Crippen molar-refractivity contribution >= 4 is 5.97 Å². The summed E-state index contributed by atoms with van der Waals surface area (Å²) in [6, 6.07) is 0. The molecule has 68 valence electrons. The molecule has 1 N–H and O–H groups in total. The average Bonchev–Trinajstić information content (AvgIpc) is 1.87. The first kappa shape index (κ1) is 13.3. The van der Waals surface area contributed by atoms with E-state index >= 15 is 0 Å². The summed E-state index contributed by atoms with van der Waals surface area (Å²) < 4.78 is 0. The van der Waals surface area contributed by atoms with Gasteiger partial charge in [0.2, 0.25) is 0 Å². The second-order valence-corrected chi connectivity index (χ2v) is 2.43. The number of allylic oxidation sites excluding steroid dienone is 3. The van der Waals surface area contributed by atoms with Crippen molar-refractivity contribution in [2.45, 2.75) is 20.8 Å². The fourth-order valence-electron chi connectivity index (χ4n) is 0.285. The lowest BCUT2D eigenvalue weighted by molar-refractivity contribution is -0.132. The Morgan fingerprint density at radius 1 is 1.33 bits per heavy atom. The molecule has 2 nitrogen and oxygen atoms in total. The van der Waals surface area contributed by atoms with Gasteiger partial charge in [-0.3, -0.25) is 0 Å². The normalized spacial score (nSPS) is 8.58. The second-order valence-electron chi connectivity index (χ2n) is 2.43. The average molecular weight is 168 g/mol. The SMILES string of the molecule is C=C(C)C(=O)O.C=C(C)C=CC. The van der Waals surface area contributed by atoms with Crippen LogP contribution in [0.3, 0.4) is 0 Å². The molecular formula is C10H16O2. The molecule has 0 aromatic rings. The zero-order chi connectivity index (χ0) is 10.1. The summed E-state index contributed by atoms with van der Waals surface area (Å²) in [6.45, 7) is 12.2. The molecule has 12 heavy (non-hydrogen) atoms. The molecule has 0 aliphatic rings. The first-order valence-corrected chi connectivity index (χ1v) is 3.58. The lowest BCUT2D eigenvalue weighted by Crippen LogP contribution is -1.92. The topological polar surface area (TPSA) is 37.3 Å². The Bertz CT molecular complexity index is 188. The van der Waals surface area contributed by atoms with Gasteiger partial charge in [0.25, 0.3) is 0 Å². The van der Waals surface area contributed by atoms with Crippen LogP contribution in [-0.2, 0) is 4.79 Å². The van der Waals surface area contributed by atoms with Gasteiger partial charge in [-0.2, -0.15) is 0 Å². The summed E-state index contributed by atoms with van der Waals surface area (Å²) in [5, 5.41) is 7.89. The Labute approximate surface area is 73.9 Å². The predicted molar refractivity (Wildman–Crippen MR) is 52.1 cm³/mol. The van der Waals surface area contributed by atoms with E-state index in [1.807, 2.05) is 26.0 Å². The number of hydrogen-bond donors (Lipinski definition) is 1. The highest BCUT2D eigenvalue weighted by molar-refractivity contribution is 5.84. The first-order chi connectivity index (χ1) is 5.41. The van der Waals surface area contributed by atoms with Gasteiger partial charge in [-0.05, 0) is 20.8 Å². The maximum Gasteiger partial charge on any atom is 0.330 e. The summed E-state index contributed by atoms with van der Waals surface area (Å²) in [7, 11) is 0. The highest BCUT2D eigenvalue weighted by Gasteiger charge is 1.90. The van der Waals surface area contributed by atoms with Crippen molar-refractivity contribution in [2.75, 3.05) is 0 Å².